The lowest BCUT2D eigenvalue weighted by Crippen LogP contribution is -2.29. The number of nitrogens with zero attached hydrogens (tertiary/aromatic N) is 2. The lowest BCUT2D eigenvalue weighted by molar-refractivity contribution is -0.140. The fraction of sp³-hybridized carbons (Fsp3) is 0.125. The summed E-state index contributed by atoms with van der Waals surface area (Å²) in [5.74, 6) is -3.59. The van der Waals surface area contributed by atoms with Crippen molar-refractivity contribution >= 4 is 17.4 Å². The average molecular weight is 420 g/mol. The van der Waals surface area contributed by atoms with Gasteiger partial charge < -0.3 is 10.0 Å². The zero-order valence-corrected chi connectivity index (χ0v) is 16.5. The number of rotatable bonds is 4. The van der Waals surface area contributed by atoms with Crippen molar-refractivity contribution in [3.63, 3.8) is 0 Å². The Balaban J connectivity index is 1.90. The Morgan fingerprint density at radius 2 is 1.74 bits per heavy atom. The minimum absolute atomic E-state index is 0.00509. The molecule has 1 aromatic heterocycles. The number of aliphatic hydroxyl groups excluding tert-OH is 1. The van der Waals surface area contributed by atoms with E-state index in [1.807, 2.05) is 0 Å². The summed E-state index contributed by atoms with van der Waals surface area (Å²) in [7, 11) is 0. The molecule has 4 rings (SSSR count). The zero-order valence-electron chi connectivity index (χ0n) is 16.5. The van der Waals surface area contributed by atoms with Gasteiger partial charge in [0, 0.05) is 30.1 Å². The predicted molar refractivity (Wildman–Crippen MR) is 110 cm³/mol. The van der Waals surface area contributed by atoms with Crippen LogP contribution < -0.4 is 0 Å². The number of aryl methyl sites for hydroxylation is 1. The third kappa shape index (κ3) is 3.70. The van der Waals surface area contributed by atoms with E-state index < -0.39 is 35.1 Å². The van der Waals surface area contributed by atoms with E-state index in [1.165, 1.54) is 35.2 Å². The third-order valence-corrected chi connectivity index (χ3v) is 5.29. The van der Waals surface area contributed by atoms with Crippen molar-refractivity contribution < 1.29 is 23.5 Å². The molecule has 0 saturated carbocycles. The largest absolute Gasteiger partial charge is 0.507 e. The number of amides is 1. The van der Waals surface area contributed by atoms with E-state index in [4.69, 9.17) is 0 Å². The topological polar surface area (TPSA) is 70.5 Å². The molecule has 2 aromatic carbocycles. The number of carbonyl (C=O) groups excluding carboxylic acids is 2. The second kappa shape index (κ2) is 8.10. The molecule has 0 radical (unpaired) electrons. The molecule has 1 saturated heterocycles. The number of ketones is 1. The van der Waals surface area contributed by atoms with E-state index in [2.05, 4.69) is 4.98 Å². The fourth-order valence-corrected chi connectivity index (χ4v) is 3.64. The third-order valence-electron chi connectivity index (χ3n) is 5.29. The lowest BCUT2D eigenvalue weighted by atomic mass is 9.94. The first-order chi connectivity index (χ1) is 14.9. The molecule has 156 valence electrons. The van der Waals surface area contributed by atoms with Crippen molar-refractivity contribution in [1.82, 2.24) is 9.88 Å². The van der Waals surface area contributed by atoms with Crippen LogP contribution in [0.15, 0.2) is 72.6 Å². The highest BCUT2D eigenvalue weighted by Crippen LogP contribution is 2.41. The molecular weight excluding hydrogens is 402 g/mol. The van der Waals surface area contributed by atoms with E-state index >= 15 is 0 Å². The molecule has 1 amide bonds. The summed E-state index contributed by atoms with van der Waals surface area (Å²) in [5, 5.41) is 10.9. The first-order valence-electron chi connectivity index (χ1n) is 9.56. The molecule has 1 N–H and O–H groups in total. The molecule has 0 spiro atoms. The van der Waals surface area contributed by atoms with Crippen LogP contribution in [0.25, 0.3) is 5.76 Å². The normalized spacial score (nSPS) is 17.9. The van der Waals surface area contributed by atoms with Gasteiger partial charge in [0.05, 0.1) is 11.6 Å². The summed E-state index contributed by atoms with van der Waals surface area (Å²) < 4.78 is 28.8. The van der Waals surface area contributed by atoms with Gasteiger partial charge in [-0.1, -0.05) is 30.3 Å². The van der Waals surface area contributed by atoms with Gasteiger partial charge in [-0.25, -0.2) is 8.78 Å². The summed E-state index contributed by atoms with van der Waals surface area (Å²) in [6.07, 6.45) is 3.08. The molecule has 1 atom stereocenters. The molecule has 5 nitrogen and oxygen atoms in total. The summed E-state index contributed by atoms with van der Waals surface area (Å²) in [6, 6.07) is 11.9. The minimum Gasteiger partial charge on any atom is -0.507 e. The van der Waals surface area contributed by atoms with Gasteiger partial charge in [-0.3, -0.25) is 14.6 Å². The monoisotopic (exact) mass is 420 g/mol. The maximum absolute atomic E-state index is 14.7. The quantitative estimate of drug-likeness (QED) is 0.388. The van der Waals surface area contributed by atoms with Crippen LogP contribution >= 0.6 is 0 Å². The van der Waals surface area contributed by atoms with Crippen LogP contribution in [0.5, 0.6) is 0 Å². The number of carbonyl (C=O) groups is 2. The van der Waals surface area contributed by atoms with Crippen molar-refractivity contribution in [3.05, 3.63) is 106 Å². The molecule has 0 aliphatic carbocycles. The van der Waals surface area contributed by atoms with E-state index in [-0.39, 0.29) is 23.2 Å². The zero-order chi connectivity index (χ0) is 22.1. The van der Waals surface area contributed by atoms with Crippen molar-refractivity contribution in [2.75, 3.05) is 0 Å². The fourth-order valence-electron chi connectivity index (χ4n) is 3.64. The number of hydrogen-bond acceptors (Lipinski definition) is 4. The molecule has 31 heavy (non-hydrogen) atoms. The predicted octanol–water partition coefficient (Wildman–Crippen LogP) is 4.29. The molecule has 1 aliphatic rings. The highest BCUT2D eigenvalue weighted by Gasteiger charge is 2.46. The van der Waals surface area contributed by atoms with Gasteiger partial charge >= 0.3 is 0 Å². The maximum Gasteiger partial charge on any atom is 0.295 e. The number of aliphatic hydroxyl groups is 1. The number of Topliss-reactive ketones (excluding diaryl/α,β-unsaturated/α-hetero) is 1. The first-order valence-corrected chi connectivity index (χ1v) is 9.56. The van der Waals surface area contributed by atoms with Crippen LogP contribution in [0.2, 0.25) is 0 Å². The molecule has 1 unspecified atom stereocenters. The van der Waals surface area contributed by atoms with Crippen molar-refractivity contribution in [1.29, 1.82) is 0 Å². The lowest BCUT2D eigenvalue weighted by Gasteiger charge is -2.25. The maximum atomic E-state index is 14.7. The SMILES string of the molecule is Cc1ccc(/C(O)=C2\C(=O)C(=O)N(Cc3ccncc3)C2c2ccccc2F)cc1F. The number of halogens is 2. The van der Waals surface area contributed by atoms with Gasteiger partial charge in [-0.2, -0.15) is 0 Å². The van der Waals surface area contributed by atoms with Gasteiger partial charge in [-0.15, -0.1) is 0 Å². The molecule has 1 aliphatic heterocycles. The van der Waals surface area contributed by atoms with Gasteiger partial charge in [0.15, 0.2) is 0 Å². The molecule has 1 fully saturated rings. The van der Waals surface area contributed by atoms with Crippen LogP contribution in [-0.4, -0.2) is 26.7 Å². The van der Waals surface area contributed by atoms with Crippen LogP contribution in [0, 0.1) is 18.6 Å². The number of pyridine rings is 1. The Morgan fingerprint density at radius 1 is 1.03 bits per heavy atom. The summed E-state index contributed by atoms with van der Waals surface area (Å²) in [5.41, 5.74) is 0.851. The van der Waals surface area contributed by atoms with Crippen LogP contribution in [0.4, 0.5) is 8.78 Å². The van der Waals surface area contributed by atoms with E-state index in [0.717, 1.165) is 6.07 Å². The van der Waals surface area contributed by atoms with E-state index in [9.17, 15) is 23.5 Å². The summed E-state index contributed by atoms with van der Waals surface area (Å²) in [4.78, 5) is 30.9. The Labute approximate surface area is 177 Å². The Hall–Kier alpha value is -3.87. The van der Waals surface area contributed by atoms with Gasteiger partial charge in [-0.05, 0) is 42.3 Å². The van der Waals surface area contributed by atoms with E-state index in [0.29, 0.717) is 11.1 Å². The molecule has 7 heteroatoms. The summed E-state index contributed by atoms with van der Waals surface area (Å²) >= 11 is 0. The Bertz CT molecular complexity index is 1210. The highest BCUT2D eigenvalue weighted by atomic mass is 19.1. The smallest absolute Gasteiger partial charge is 0.295 e. The number of likely N-dealkylation sites (tertiary alicyclic amines) is 1. The van der Waals surface area contributed by atoms with Crippen molar-refractivity contribution in [2.24, 2.45) is 0 Å². The van der Waals surface area contributed by atoms with Gasteiger partial charge in [0.1, 0.15) is 17.4 Å². The van der Waals surface area contributed by atoms with Crippen LogP contribution in [-0.2, 0) is 16.1 Å². The average Bonchev–Trinajstić information content (AvgIpc) is 3.01. The second-order valence-corrected chi connectivity index (χ2v) is 7.27. The van der Waals surface area contributed by atoms with Crippen molar-refractivity contribution in [2.45, 2.75) is 19.5 Å². The second-order valence-electron chi connectivity index (χ2n) is 7.27. The number of aromatic nitrogens is 1. The van der Waals surface area contributed by atoms with Crippen LogP contribution in [0.3, 0.4) is 0 Å². The summed E-state index contributed by atoms with van der Waals surface area (Å²) in [6.45, 7) is 1.57. The van der Waals surface area contributed by atoms with Gasteiger partial charge in [0.25, 0.3) is 11.7 Å². The number of hydrogen-bond donors (Lipinski definition) is 1. The van der Waals surface area contributed by atoms with E-state index in [1.54, 1.807) is 37.5 Å². The first kappa shape index (κ1) is 20.4. The van der Waals surface area contributed by atoms with Crippen LogP contribution in [0.1, 0.15) is 28.3 Å². The Kier molecular flexibility index (Phi) is 5.33. The highest BCUT2D eigenvalue weighted by molar-refractivity contribution is 6.46. The standard InChI is InChI=1S/C24H18F2N2O3/c1-14-6-7-16(12-19(14)26)22(29)20-21(17-4-2-3-5-18(17)25)28(24(31)23(20)30)13-15-8-10-27-11-9-15/h2-12,21,29H,13H2,1H3/b22-20+. The molecule has 2 heterocycles. The van der Waals surface area contributed by atoms with Gasteiger partial charge in [0.2, 0.25) is 0 Å². The Morgan fingerprint density at radius 3 is 2.42 bits per heavy atom. The van der Waals surface area contributed by atoms with Crippen molar-refractivity contribution in [3.8, 4) is 0 Å². The number of benzene rings is 2. The molecule has 3 aromatic rings. The molecule has 0 bridgehead atoms. The minimum atomic E-state index is -1.17. The molecular formula is C24H18F2N2O3.